The van der Waals surface area contributed by atoms with Crippen LogP contribution in [0.4, 0.5) is 11.4 Å². The van der Waals surface area contributed by atoms with Gasteiger partial charge in [0.25, 0.3) is 0 Å². The fourth-order valence-corrected chi connectivity index (χ4v) is 15.2. The van der Waals surface area contributed by atoms with Crippen LogP contribution in [0.15, 0.2) is 84.9 Å². The van der Waals surface area contributed by atoms with Gasteiger partial charge in [-0.2, -0.15) is 0 Å². The second kappa shape index (κ2) is 30.6. The van der Waals surface area contributed by atoms with Gasteiger partial charge in [0, 0.05) is 49.0 Å². The highest BCUT2D eigenvalue weighted by molar-refractivity contribution is 6.01. The minimum atomic E-state index is -1.24. The third-order valence-corrected chi connectivity index (χ3v) is 20.2. The molecule has 0 spiro atoms. The van der Waals surface area contributed by atoms with Gasteiger partial charge in [0.05, 0.1) is 75.9 Å². The molecule has 0 saturated heterocycles. The lowest BCUT2D eigenvalue weighted by atomic mass is 9.49. The third-order valence-electron chi connectivity index (χ3n) is 20.2. The number of ether oxygens (including phenoxy) is 4. The van der Waals surface area contributed by atoms with Crippen LogP contribution in [0.2, 0.25) is 0 Å². The minimum absolute atomic E-state index is 0.00286. The second-order valence-corrected chi connectivity index (χ2v) is 26.3. The fourth-order valence-electron chi connectivity index (χ4n) is 15.2. The van der Waals surface area contributed by atoms with Gasteiger partial charge in [-0.3, -0.25) is 43.7 Å². The van der Waals surface area contributed by atoms with Crippen LogP contribution in [-0.2, 0) is 87.5 Å². The first-order chi connectivity index (χ1) is 44.1. The number of nitrogens with one attached hydrogen (secondary N) is 5. The monoisotopic (exact) mass is 1260 g/mol. The summed E-state index contributed by atoms with van der Waals surface area (Å²) in [6, 6.07) is 24.3. The predicted molar refractivity (Wildman–Crippen MR) is 345 cm³/mol. The van der Waals surface area contributed by atoms with E-state index in [4.69, 9.17) is 18.9 Å². The lowest BCUT2D eigenvalue weighted by Gasteiger charge is -2.56. The van der Waals surface area contributed by atoms with Crippen LogP contribution in [0.5, 0.6) is 5.75 Å². The number of rotatable bonds is 28. The number of aliphatic carboxylic acids is 1. The molecule has 0 radical (unpaired) electrons. The number of anilines is 2. The molecular formula is C72H90N6O14. The number of phenols is 1. The summed E-state index contributed by atoms with van der Waals surface area (Å²) in [5, 5.41) is 33.9. The molecular weight excluding hydrogens is 1170 g/mol. The number of phenolic OH excluding ortho intramolecular Hbond substituents is 1. The first kappa shape index (κ1) is 68.4. The number of carbonyl (C=O) groups excluding carboxylic acids is 7. The standard InChI is InChI=1S/C72H90N6O14/c1-47(65(85)75-53-22-18-49-20-25-59-69(2,55(49)44-53)31-10-33-71(59,4)67(87)77-68(88)72(5)34-11-32-70(3)56-45-54(79)23-19-50(56)21-26-60(70)72)74-66(86)57(24-29-64(83)84)76-62(81)30-36-89-38-40-91-42-43-92-41-39-90-37-35-73-61(80)27-28-63(82)78-46-52-14-7-6-12-48(52)16-17-51-13-8-9-15-58(51)78/h6-9,12-15,18-19,22-23,44-45,47,57,59-60,79H,10-11,20-21,24-43,46H2,1-5H3,(H,73,80)(H,74,86)(H,75,85)(H,76,81)(H,83,84)(H,77,87,88)/t47-,57-,59+,60+,69+,70+,71-,72-/m0/s1. The van der Waals surface area contributed by atoms with Crippen molar-refractivity contribution in [2.45, 2.75) is 160 Å². The molecule has 4 aromatic rings. The van der Waals surface area contributed by atoms with E-state index in [1.165, 1.54) is 12.5 Å². The zero-order valence-electron chi connectivity index (χ0n) is 53.8. The van der Waals surface area contributed by atoms with Gasteiger partial charge in [-0.25, -0.2) is 0 Å². The summed E-state index contributed by atoms with van der Waals surface area (Å²) in [4.78, 5) is 109. The second-order valence-electron chi connectivity index (χ2n) is 26.3. The Balaban J connectivity index is 0.644. The van der Waals surface area contributed by atoms with Crippen LogP contribution in [0.1, 0.15) is 157 Å². The largest absolute Gasteiger partial charge is 0.508 e. The summed E-state index contributed by atoms with van der Waals surface area (Å²) >= 11 is 0. The molecule has 92 heavy (non-hydrogen) atoms. The van der Waals surface area contributed by atoms with Gasteiger partial charge in [0.2, 0.25) is 41.4 Å². The molecule has 4 aromatic carbocycles. The van der Waals surface area contributed by atoms with E-state index in [1.54, 1.807) is 11.0 Å². The molecule has 1 heterocycles. The number of fused-ring (bicyclic) bond motifs is 8. The van der Waals surface area contributed by atoms with Crippen molar-refractivity contribution in [2.75, 3.05) is 69.6 Å². The van der Waals surface area contributed by atoms with Gasteiger partial charge in [-0.15, -0.1) is 0 Å². The number of benzene rings is 4. The molecule has 7 amide bonds. The van der Waals surface area contributed by atoms with Crippen molar-refractivity contribution in [3.05, 3.63) is 124 Å². The van der Waals surface area contributed by atoms with E-state index in [1.807, 2.05) is 92.7 Å². The van der Waals surface area contributed by atoms with Gasteiger partial charge in [0.1, 0.15) is 17.8 Å². The van der Waals surface area contributed by atoms with Crippen molar-refractivity contribution in [3.8, 4) is 17.6 Å². The van der Waals surface area contributed by atoms with Gasteiger partial charge >= 0.3 is 5.97 Å². The fraction of sp³-hybridized carbons (Fsp3) is 0.528. The Morgan fingerprint density at radius 2 is 1.16 bits per heavy atom. The lowest BCUT2D eigenvalue weighted by molar-refractivity contribution is -0.150. The maximum absolute atomic E-state index is 14.8. The first-order valence-corrected chi connectivity index (χ1v) is 32.6. The highest BCUT2D eigenvalue weighted by atomic mass is 16.6. The number of carboxylic acids is 1. The number of nitrogens with zero attached hydrogens (tertiary/aromatic N) is 1. The number of aryl methyl sites for hydroxylation is 2. The summed E-state index contributed by atoms with van der Waals surface area (Å²) in [5.74, 6) is 2.65. The first-order valence-electron chi connectivity index (χ1n) is 32.6. The van der Waals surface area contributed by atoms with Crippen LogP contribution < -0.4 is 31.5 Å². The summed E-state index contributed by atoms with van der Waals surface area (Å²) < 4.78 is 22.2. The van der Waals surface area contributed by atoms with Crippen molar-refractivity contribution in [2.24, 2.45) is 22.7 Å². The molecule has 9 rings (SSSR count). The Morgan fingerprint density at radius 3 is 1.80 bits per heavy atom. The zero-order valence-corrected chi connectivity index (χ0v) is 53.8. The van der Waals surface area contributed by atoms with Crippen molar-refractivity contribution < 1.29 is 67.5 Å². The molecule has 5 aliphatic rings. The highest BCUT2D eigenvalue weighted by Crippen LogP contribution is 2.60. The number of hydrogen-bond acceptors (Lipinski definition) is 13. The van der Waals surface area contributed by atoms with E-state index < -0.39 is 58.4 Å². The molecule has 7 N–H and O–H groups in total. The van der Waals surface area contributed by atoms with Crippen LogP contribution in [0.3, 0.4) is 0 Å². The van der Waals surface area contributed by atoms with Gasteiger partial charge in [0.15, 0.2) is 0 Å². The third kappa shape index (κ3) is 16.1. The summed E-state index contributed by atoms with van der Waals surface area (Å²) in [5.41, 5.74) is 5.84. The number of imide groups is 1. The summed E-state index contributed by atoms with van der Waals surface area (Å²) in [6.45, 7) is 12.4. The molecule has 0 aromatic heterocycles. The van der Waals surface area contributed by atoms with Crippen molar-refractivity contribution >= 4 is 58.7 Å². The Bertz CT molecular complexity index is 3450. The topological polar surface area (TPSA) is 277 Å². The number of carboxylic acid groups (broad SMARTS) is 1. The van der Waals surface area contributed by atoms with Crippen LogP contribution in [-0.4, -0.2) is 129 Å². The van der Waals surface area contributed by atoms with E-state index >= 15 is 0 Å². The number of para-hydroxylation sites is 1. The molecule has 0 unspecified atom stereocenters. The van der Waals surface area contributed by atoms with Crippen molar-refractivity contribution in [1.29, 1.82) is 0 Å². The van der Waals surface area contributed by atoms with E-state index in [9.17, 15) is 48.6 Å². The normalized spacial score (nSPS) is 23.2. The Morgan fingerprint density at radius 1 is 0.598 bits per heavy atom. The molecule has 492 valence electrons. The predicted octanol–water partition coefficient (Wildman–Crippen LogP) is 7.85. The Kier molecular flexibility index (Phi) is 22.8. The Hall–Kier alpha value is -7.96. The summed E-state index contributed by atoms with van der Waals surface area (Å²) in [7, 11) is 0. The molecule has 2 fully saturated rings. The highest BCUT2D eigenvalue weighted by Gasteiger charge is 2.58. The molecule has 20 nitrogen and oxygen atoms in total. The van der Waals surface area contributed by atoms with Crippen LogP contribution >= 0.6 is 0 Å². The van der Waals surface area contributed by atoms with E-state index in [-0.39, 0.29) is 112 Å². The van der Waals surface area contributed by atoms with Gasteiger partial charge < -0.3 is 55.3 Å². The Labute approximate surface area is 539 Å². The molecule has 0 bridgehead atoms. The smallest absolute Gasteiger partial charge is 0.303 e. The minimum Gasteiger partial charge on any atom is -0.508 e. The lowest BCUT2D eigenvalue weighted by Crippen LogP contribution is -2.60. The molecule has 4 aliphatic carbocycles. The van der Waals surface area contributed by atoms with Crippen molar-refractivity contribution in [1.82, 2.24) is 21.3 Å². The van der Waals surface area contributed by atoms with E-state index in [0.717, 1.165) is 84.0 Å². The zero-order chi connectivity index (χ0) is 65.6. The molecule has 8 atom stereocenters. The summed E-state index contributed by atoms with van der Waals surface area (Å²) in [6.07, 6.45) is 7.00. The molecule has 20 heteroatoms. The van der Waals surface area contributed by atoms with Gasteiger partial charge in [-0.1, -0.05) is 94.8 Å². The number of amides is 7. The molecule has 1 aliphatic heterocycles. The molecule has 2 saturated carbocycles. The van der Waals surface area contributed by atoms with Crippen LogP contribution in [0, 0.1) is 34.5 Å². The van der Waals surface area contributed by atoms with E-state index in [0.29, 0.717) is 51.3 Å². The van der Waals surface area contributed by atoms with Crippen molar-refractivity contribution in [3.63, 3.8) is 0 Å². The number of hydrogen-bond donors (Lipinski definition) is 7. The van der Waals surface area contributed by atoms with E-state index in [2.05, 4.69) is 52.3 Å². The quantitative estimate of drug-likeness (QED) is 0.0162. The average Bonchev–Trinajstić information content (AvgIpc) is 0.729. The van der Waals surface area contributed by atoms with Crippen LogP contribution in [0.25, 0.3) is 0 Å². The maximum Gasteiger partial charge on any atom is 0.303 e. The van der Waals surface area contributed by atoms with Gasteiger partial charge in [-0.05, 0) is 158 Å². The average molecular weight is 1260 g/mol. The SMILES string of the molecule is C[C@H](NC(=O)[C@H](CCC(=O)O)NC(=O)CCOCCOCCOCCOCCNC(=O)CCC(=O)N1Cc2ccccc2C#Cc2ccccc21)C(=O)Nc1ccc2c(c1)[C@@]1(C)CCC[C@](C)(C(=O)NC(=O)[C@@]3(C)CCC[C@]4(C)c5cc(O)ccc5CC[C@@H]34)[C@@H]1CC2. The maximum atomic E-state index is 14.8. The number of carbonyl (C=O) groups is 8. The number of aromatic hydroxyl groups is 1.